The van der Waals surface area contributed by atoms with Crippen LogP contribution in [0.25, 0.3) is 0 Å². The topological polar surface area (TPSA) is 57.5 Å². The van der Waals surface area contributed by atoms with Crippen molar-refractivity contribution < 1.29 is 15.0 Å². The fourth-order valence-electron chi connectivity index (χ4n) is 0. The summed E-state index contributed by atoms with van der Waals surface area (Å²) in [5, 5.41) is 15.8. The maximum Gasteiger partial charge on any atom is 0.332 e. The van der Waals surface area contributed by atoms with E-state index >= 15 is 0 Å². The lowest BCUT2D eigenvalue weighted by molar-refractivity contribution is -0.145. The van der Waals surface area contributed by atoms with Crippen LogP contribution in [0.2, 0.25) is 0 Å². The monoisotopic (exact) mass is 101 g/mol. The molecule has 0 bridgehead atoms. The van der Waals surface area contributed by atoms with Gasteiger partial charge >= 0.3 is 5.97 Å². The summed E-state index contributed by atoms with van der Waals surface area (Å²) in [6.07, 6.45) is -1.23. The van der Waals surface area contributed by atoms with Gasteiger partial charge in [0.15, 0.2) is 0 Å². The van der Waals surface area contributed by atoms with Crippen molar-refractivity contribution in [1.82, 2.24) is 0 Å². The Morgan fingerprint density at radius 3 is 1.86 bits per heavy atom. The van der Waals surface area contributed by atoms with Gasteiger partial charge in [0.05, 0.1) is 0 Å². The number of aliphatic hydroxyl groups excluding tert-OH is 1. The molecule has 0 saturated heterocycles. The highest BCUT2D eigenvalue weighted by atomic mass is 16.4. The number of rotatable bonds is 1. The minimum absolute atomic E-state index is 0. The third-order valence-electron chi connectivity index (χ3n) is 0.357. The van der Waals surface area contributed by atoms with Gasteiger partial charge in [0.2, 0.25) is 0 Å². The minimum Gasteiger partial charge on any atom is -0.479 e. The summed E-state index contributed by atoms with van der Waals surface area (Å²) < 4.78 is 0. The zero-order chi connectivity index (χ0) is 5.15. The minimum atomic E-state index is -1.23. The first-order valence-electron chi connectivity index (χ1n) is 1.55. The zero-order valence-electron chi connectivity index (χ0n) is 3.96. The summed E-state index contributed by atoms with van der Waals surface area (Å²) in [4.78, 5) is 9.45. The van der Waals surface area contributed by atoms with Gasteiger partial charge in [-0.2, -0.15) is 0 Å². The molecule has 0 aliphatic carbocycles. The molecule has 0 aromatic heterocycles. The first-order chi connectivity index (χ1) is 2.64. The normalized spacial score (nSPS) is 11.7. The standard InChI is InChI=1S/C3H6O3.B/c1-2(4)3(5)6;/h2,4H,1H3,(H,5,6);. The summed E-state index contributed by atoms with van der Waals surface area (Å²) in [5.74, 6) is -1.19. The Kier molecular flexibility index (Phi) is 5.10. The van der Waals surface area contributed by atoms with E-state index in [0.29, 0.717) is 0 Å². The molecule has 3 nitrogen and oxygen atoms in total. The van der Waals surface area contributed by atoms with Gasteiger partial charge in [-0.05, 0) is 6.92 Å². The van der Waals surface area contributed by atoms with E-state index in [9.17, 15) is 4.79 Å². The summed E-state index contributed by atoms with van der Waals surface area (Å²) in [5.41, 5.74) is 0. The van der Waals surface area contributed by atoms with Crippen LogP contribution in [-0.2, 0) is 4.79 Å². The molecule has 0 aliphatic rings. The predicted molar refractivity (Wildman–Crippen MR) is 25.1 cm³/mol. The predicted octanol–water partition coefficient (Wildman–Crippen LogP) is -0.929. The molecule has 39 valence electrons. The van der Waals surface area contributed by atoms with E-state index in [1.165, 1.54) is 6.92 Å². The first kappa shape index (κ1) is 9.71. The molecule has 1 unspecified atom stereocenters. The summed E-state index contributed by atoms with van der Waals surface area (Å²) >= 11 is 0. The molecule has 7 heavy (non-hydrogen) atoms. The van der Waals surface area contributed by atoms with Crippen molar-refractivity contribution in [3.05, 3.63) is 0 Å². The molecular weight excluding hydrogens is 94.8 g/mol. The molecule has 0 rings (SSSR count). The fraction of sp³-hybridized carbons (Fsp3) is 0.667. The average molecular weight is 101 g/mol. The molecule has 2 N–H and O–H groups in total. The Morgan fingerprint density at radius 1 is 1.71 bits per heavy atom. The van der Waals surface area contributed by atoms with Crippen LogP contribution in [0.1, 0.15) is 6.92 Å². The smallest absolute Gasteiger partial charge is 0.332 e. The van der Waals surface area contributed by atoms with Gasteiger partial charge in [-0.1, -0.05) is 0 Å². The largest absolute Gasteiger partial charge is 0.479 e. The van der Waals surface area contributed by atoms with Crippen LogP contribution in [-0.4, -0.2) is 30.7 Å². The number of hydrogen-bond donors (Lipinski definition) is 2. The van der Waals surface area contributed by atoms with Crippen LogP contribution in [0.5, 0.6) is 0 Å². The van der Waals surface area contributed by atoms with Crippen molar-refractivity contribution in [2.24, 2.45) is 0 Å². The highest BCUT2D eigenvalue weighted by Gasteiger charge is 2.01. The van der Waals surface area contributed by atoms with Crippen molar-refractivity contribution >= 4 is 14.4 Å². The van der Waals surface area contributed by atoms with Gasteiger partial charge in [0.1, 0.15) is 6.10 Å². The third-order valence-corrected chi connectivity index (χ3v) is 0.357. The highest BCUT2D eigenvalue weighted by Crippen LogP contribution is 1.73. The van der Waals surface area contributed by atoms with Crippen LogP contribution in [0.3, 0.4) is 0 Å². The van der Waals surface area contributed by atoms with E-state index in [-0.39, 0.29) is 8.41 Å². The Morgan fingerprint density at radius 2 is 1.86 bits per heavy atom. The van der Waals surface area contributed by atoms with Crippen molar-refractivity contribution in [1.29, 1.82) is 0 Å². The lowest BCUT2D eigenvalue weighted by Crippen LogP contribution is -2.13. The third kappa shape index (κ3) is 5.49. The van der Waals surface area contributed by atoms with Crippen molar-refractivity contribution in [2.75, 3.05) is 0 Å². The SMILES string of the molecule is CC(O)C(=O)O.[B]. The van der Waals surface area contributed by atoms with Crippen molar-refractivity contribution in [2.45, 2.75) is 13.0 Å². The van der Waals surface area contributed by atoms with Gasteiger partial charge in [-0.25, -0.2) is 4.79 Å². The molecule has 0 saturated carbocycles. The molecule has 0 spiro atoms. The summed E-state index contributed by atoms with van der Waals surface area (Å²) in [7, 11) is 0. The summed E-state index contributed by atoms with van der Waals surface area (Å²) in [6.45, 7) is 1.20. The van der Waals surface area contributed by atoms with Gasteiger partial charge in [-0.3, -0.25) is 0 Å². The number of carbonyl (C=O) groups is 1. The molecule has 0 amide bonds. The Labute approximate surface area is 43.5 Å². The lowest BCUT2D eigenvalue weighted by Gasteiger charge is -1.89. The average Bonchev–Trinajstić information content (AvgIpc) is 1.36. The van der Waals surface area contributed by atoms with Crippen molar-refractivity contribution in [3.63, 3.8) is 0 Å². The first-order valence-corrected chi connectivity index (χ1v) is 1.55. The van der Waals surface area contributed by atoms with E-state index in [1.54, 1.807) is 0 Å². The number of hydrogen-bond acceptors (Lipinski definition) is 2. The molecule has 1 atom stereocenters. The van der Waals surface area contributed by atoms with Gasteiger partial charge in [-0.15, -0.1) is 0 Å². The lowest BCUT2D eigenvalue weighted by atomic mass is 10.4. The number of aliphatic hydroxyl groups is 1. The van der Waals surface area contributed by atoms with Crippen LogP contribution in [0.15, 0.2) is 0 Å². The summed E-state index contributed by atoms with van der Waals surface area (Å²) in [6, 6.07) is 0. The molecule has 0 fully saturated rings. The number of aliphatic carboxylic acids is 1. The molecule has 0 aromatic rings. The second-order valence-electron chi connectivity index (χ2n) is 1.01. The highest BCUT2D eigenvalue weighted by molar-refractivity contribution is 5.75. The van der Waals surface area contributed by atoms with E-state index in [1.807, 2.05) is 0 Å². The maximum absolute atomic E-state index is 9.45. The van der Waals surface area contributed by atoms with Crippen LogP contribution in [0.4, 0.5) is 0 Å². The van der Waals surface area contributed by atoms with Crippen LogP contribution >= 0.6 is 0 Å². The maximum atomic E-state index is 9.45. The quantitative estimate of drug-likeness (QED) is 0.419. The van der Waals surface area contributed by atoms with Gasteiger partial charge < -0.3 is 10.2 Å². The van der Waals surface area contributed by atoms with Gasteiger partial charge in [0, 0.05) is 8.41 Å². The van der Waals surface area contributed by atoms with E-state index < -0.39 is 12.1 Å². The second kappa shape index (κ2) is 3.68. The second-order valence-corrected chi connectivity index (χ2v) is 1.01. The molecule has 4 heteroatoms. The molecule has 0 heterocycles. The van der Waals surface area contributed by atoms with Crippen LogP contribution in [0, 0.1) is 0 Å². The van der Waals surface area contributed by atoms with Crippen LogP contribution < -0.4 is 0 Å². The number of carboxylic acid groups (broad SMARTS) is 1. The van der Waals surface area contributed by atoms with E-state index in [0.717, 1.165) is 0 Å². The zero-order valence-corrected chi connectivity index (χ0v) is 3.96. The Bertz CT molecular complexity index is 61.2. The Balaban J connectivity index is 0. The fourth-order valence-corrected chi connectivity index (χ4v) is 0. The van der Waals surface area contributed by atoms with Gasteiger partial charge in [0.25, 0.3) is 0 Å². The molecule has 0 aliphatic heterocycles. The Hall–Kier alpha value is -0.505. The number of carboxylic acids is 1. The van der Waals surface area contributed by atoms with E-state index in [2.05, 4.69) is 0 Å². The molecule has 0 aromatic carbocycles. The van der Waals surface area contributed by atoms with Crippen molar-refractivity contribution in [3.8, 4) is 0 Å². The van der Waals surface area contributed by atoms with E-state index in [4.69, 9.17) is 10.2 Å². The molecule has 3 radical (unpaired) electrons. The molecular formula is C3H6BO3.